The largest absolute Gasteiger partial charge is 0.319 e. The highest BCUT2D eigenvalue weighted by Gasteiger charge is 2.20. The summed E-state index contributed by atoms with van der Waals surface area (Å²) in [6.07, 6.45) is 3.27. The minimum atomic E-state index is -2.43. The van der Waals surface area contributed by atoms with Gasteiger partial charge in [-0.3, -0.25) is 4.57 Å². The molecule has 2 heterocycles. The Balaban J connectivity index is 2.39. The second kappa shape index (κ2) is 5.13. The fourth-order valence-electron chi connectivity index (χ4n) is 2.27. The van der Waals surface area contributed by atoms with Crippen molar-refractivity contribution in [1.29, 1.82) is 0 Å². The van der Waals surface area contributed by atoms with E-state index in [-0.39, 0.29) is 5.28 Å². The lowest BCUT2D eigenvalue weighted by molar-refractivity contribution is 0.588. The van der Waals surface area contributed by atoms with Crippen molar-refractivity contribution in [2.75, 3.05) is 13.3 Å². The van der Waals surface area contributed by atoms with Crippen LogP contribution in [-0.4, -0.2) is 27.9 Å². The highest BCUT2D eigenvalue weighted by molar-refractivity contribution is 7.70. The molecule has 4 nitrogen and oxygen atoms in total. The van der Waals surface area contributed by atoms with Gasteiger partial charge in [0.2, 0.25) is 5.28 Å². The number of fused-ring (bicyclic) bond motifs is 1. The van der Waals surface area contributed by atoms with Crippen LogP contribution in [0, 0.1) is 0 Å². The molecule has 0 radical (unpaired) electrons. The summed E-state index contributed by atoms with van der Waals surface area (Å²) >= 11 is 12.0. The summed E-state index contributed by atoms with van der Waals surface area (Å²) in [7, 11) is -2.43. The number of hydrogen-bond acceptors (Lipinski definition) is 3. The third kappa shape index (κ3) is 2.59. The standard InChI is InChI=1S/C14H12Cl2N3OP/c1-21(2,20)12-8-19(11-6-4-3-5-9(11)12)13-10(15)7-17-14(16)18-13/h3-8H,1-2H3. The van der Waals surface area contributed by atoms with Gasteiger partial charge in [0, 0.05) is 16.9 Å². The molecule has 0 N–H and O–H groups in total. The maximum atomic E-state index is 12.5. The zero-order valence-electron chi connectivity index (χ0n) is 11.4. The van der Waals surface area contributed by atoms with Crippen molar-refractivity contribution in [3.8, 4) is 5.82 Å². The number of para-hydroxylation sites is 1. The van der Waals surface area contributed by atoms with Crippen molar-refractivity contribution >= 4 is 46.6 Å². The molecule has 0 atom stereocenters. The lowest BCUT2D eigenvalue weighted by Gasteiger charge is -2.06. The Morgan fingerprint density at radius 2 is 1.90 bits per heavy atom. The highest BCUT2D eigenvalue weighted by Crippen LogP contribution is 2.39. The van der Waals surface area contributed by atoms with E-state index >= 15 is 0 Å². The van der Waals surface area contributed by atoms with Crippen LogP contribution in [0.1, 0.15) is 0 Å². The third-order valence-corrected chi connectivity index (χ3v) is 5.16. The molecule has 0 aliphatic heterocycles. The fourth-order valence-corrected chi connectivity index (χ4v) is 3.75. The first-order chi connectivity index (χ1) is 9.88. The Morgan fingerprint density at radius 3 is 2.62 bits per heavy atom. The zero-order chi connectivity index (χ0) is 15.2. The molecule has 0 bridgehead atoms. The van der Waals surface area contributed by atoms with E-state index in [1.807, 2.05) is 30.5 Å². The van der Waals surface area contributed by atoms with Crippen LogP contribution in [-0.2, 0) is 4.57 Å². The maximum Gasteiger partial charge on any atom is 0.224 e. The van der Waals surface area contributed by atoms with Crippen molar-refractivity contribution in [2.24, 2.45) is 0 Å². The van der Waals surface area contributed by atoms with Crippen LogP contribution in [0.2, 0.25) is 10.3 Å². The molecule has 3 rings (SSSR count). The fraction of sp³-hybridized carbons (Fsp3) is 0.143. The molecule has 0 saturated heterocycles. The van der Waals surface area contributed by atoms with Crippen LogP contribution < -0.4 is 5.30 Å². The Hall–Kier alpha value is -1.35. The van der Waals surface area contributed by atoms with E-state index in [9.17, 15) is 4.57 Å². The molecule has 7 heteroatoms. The van der Waals surface area contributed by atoms with Gasteiger partial charge in [-0.05, 0) is 31.0 Å². The summed E-state index contributed by atoms with van der Waals surface area (Å²) in [5.74, 6) is 0.479. The molecule has 21 heavy (non-hydrogen) atoms. The van der Waals surface area contributed by atoms with E-state index in [1.54, 1.807) is 17.9 Å². The minimum Gasteiger partial charge on any atom is -0.319 e. The summed E-state index contributed by atoms with van der Waals surface area (Å²) in [4.78, 5) is 8.04. The Labute approximate surface area is 132 Å². The smallest absolute Gasteiger partial charge is 0.224 e. The molecular weight excluding hydrogens is 328 g/mol. The molecule has 0 aliphatic rings. The summed E-state index contributed by atoms with van der Waals surface area (Å²) < 4.78 is 14.3. The second-order valence-electron chi connectivity index (χ2n) is 5.06. The molecule has 0 spiro atoms. The molecule has 1 aromatic carbocycles. The van der Waals surface area contributed by atoms with Crippen molar-refractivity contribution < 1.29 is 4.57 Å². The SMILES string of the molecule is CP(C)(=O)c1cn(-c2nc(Cl)ncc2Cl)c2ccccc12. The molecule has 0 unspecified atom stereocenters. The summed E-state index contributed by atoms with van der Waals surface area (Å²) in [6.45, 7) is 3.49. The maximum absolute atomic E-state index is 12.5. The monoisotopic (exact) mass is 339 g/mol. The van der Waals surface area contributed by atoms with Crippen LogP contribution in [0.3, 0.4) is 0 Å². The van der Waals surface area contributed by atoms with Crippen LogP contribution in [0.15, 0.2) is 36.7 Å². The van der Waals surface area contributed by atoms with Gasteiger partial charge in [0.05, 0.1) is 11.7 Å². The van der Waals surface area contributed by atoms with Gasteiger partial charge in [-0.2, -0.15) is 4.98 Å². The number of aromatic nitrogens is 3. The predicted octanol–water partition coefficient (Wildman–Crippen LogP) is 3.98. The minimum absolute atomic E-state index is 0.116. The van der Waals surface area contributed by atoms with Crippen LogP contribution in [0.4, 0.5) is 0 Å². The second-order valence-corrected chi connectivity index (χ2v) is 8.99. The average Bonchev–Trinajstić information content (AvgIpc) is 2.81. The first-order valence-electron chi connectivity index (χ1n) is 6.22. The lowest BCUT2D eigenvalue weighted by atomic mass is 10.2. The quantitative estimate of drug-likeness (QED) is 0.524. The van der Waals surface area contributed by atoms with E-state index in [0.717, 1.165) is 16.2 Å². The number of hydrogen-bond donors (Lipinski definition) is 0. The van der Waals surface area contributed by atoms with Gasteiger partial charge in [0.25, 0.3) is 0 Å². The van der Waals surface area contributed by atoms with E-state index in [0.29, 0.717) is 10.8 Å². The van der Waals surface area contributed by atoms with Gasteiger partial charge in [-0.25, -0.2) is 4.98 Å². The van der Waals surface area contributed by atoms with Gasteiger partial charge in [-0.15, -0.1) is 0 Å². The van der Waals surface area contributed by atoms with Crippen LogP contribution in [0.5, 0.6) is 0 Å². The topological polar surface area (TPSA) is 47.8 Å². The molecule has 2 aromatic heterocycles. The normalized spacial score (nSPS) is 12.0. The highest BCUT2D eigenvalue weighted by atomic mass is 35.5. The van der Waals surface area contributed by atoms with Crippen LogP contribution in [0.25, 0.3) is 16.7 Å². The first kappa shape index (κ1) is 14.6. The van der Waals surface area contributed by atoms with E-state index in [2.05, 4.69) is 9.97 Å². The molecule has 3 aromatic rings. The molecular formula is C14H12Cl2N3OP. The van der Waals surface area contributed by atoms with Gasteiger partial charge in [0.15, 0.2) is 5.82 Å². The molecule has 0 aliphatic carbocycles. The number of halogens is 2. The molecule has 0 amide bonds. The van der Waals surface area contributed by atoms with Crippen LogP contribution >= 0.6 is 30.3 Å². The number of benzene rings is 1. The first-order valence-corrected chi connectivity index (χ1v) is 9.57. The Morgan fingerprint density at radius 1 is 1.19 bits per heavy atom. The Kier molecular flexibility index (Phi) is 3.56. The lowest BCUT2D eigenvalue weighted by Crippen LogP contribution is -2.02. The van der Waals surface area contributed by atoms with E-state index in [1.165, 1.54) is 6.20 Å². The van der Waals surface area contributed by atoms with Gasteiger partial charge in [-0.1, -0.05) is 29.8 Å². The van der Waals surface area contributed by atoms with Crippen molar-refractivity contribution in [2.45, 2.75) is 0 Å². The van der Waals surface area contributed by atoms with Gasteiger partial charge >= 0.3 is 0 Å². The molecule has 0 fully saturated rings. The predicted molar refractivity (Wildman–Crippen MR) is 88.0 cm³/mol. The van der Waals surface area contributed by atoms with E-state index in [4.69, 9.17) is 23.2 Å². The van der Waals surface area contributed by atoms with E-state index < -0.39 is 7.14 Å². The summed E-state index contributed by atoms with van der Waals surface area (Å²) in [6, 6.07) is 7.70. The number of nitrogens with zero attached hydrogens (tertiary/aromatic N) is 3. The van der Waals surface area contributed by atoms with Crippen molar-refractivity contribution in [3.05, 3.63) is 47.0 Å². The van der Waals surface area contributed by atoms with Crippen molar-refractivity contribution in [1.82, 2.24) is 14.5 Å². The zero-order valence-corrected chi connectivity index (χ0v) is 13.8. The van der Waals surface area contributed by atoms with Gasteiger partial charge < -0.3 is 4.57 Å². The third-order valence-electron chi connectivity index (χ3n) is 3.20. The molecule has 0 saturated carbocycles. The summed E-state index contributed by atoms with van der Waals surface area (Å²) in [5, 5.41) is 2.22. The molecule has 108 valence electrons. The summed E-state index contributed by atoms with van der Waals surface area (Å²) in [5.41, 5.74) is 0.882. The number of rotatable bonds is 2. The van der Waals surface area contributed by atoms with Crippen molar-refractivity contribution in [3.63, 3.8) is 0 Å². The Bertz CT molecular complexity index is 885. The van der Waals surface area contributed by atoms with Gasteiger partial charge in [0.1, 0.15) is 12.2 Å². The average molecular weight is 340 g/mol.